The molecule has 0 bridgehead atoms. The van der Waals surface area contributed by atoms with Gasteiger partial charge in [0.15, 0.2) is 0 Å². The molecule has 0 spiro atoms. The van der Waals surface area contributed by atoms with Crippen molar-refractivity contribution in [3.05, 3.63) is 60.7 Å². The van der Waals surface area contributed by atoms with E-state index in [-0.39, 0.29) is 0 Å². The number of rotatable bonds is 16. The van der Waals surface area contributed by atoms with Crippen LogP contribution in [0.2, 0.25) is 0 Å². The van der Waals surface area contributed by atoms with Crippen LogP contribution in [0.25, 0.3) is 54.3 Å². The lowest BCUT2D eigenvalue weighted by Crippen LogP contribution is -1.95. The SMILES string of the molecule is CCCCCCCCOc1cc2cc3ccc4c5cc6oc(OCCCCCCCC)cc6cc5ccc4c3cc2o1. The summed E-state index contributed by atoms with van der Waals surface area (Å²) in [4.78, 5) is 0. The standard InChI is InChI=1S/C38H44O4/c1-3-5-7-9-11-13-19-39-37-23-29-21-27-15-17-32-31(33(27)25-35(29)41-37)18-16-28-22-30-24-38(42-36(30)26-34(28)32)40-20-14-12-10-8-6-4-2/h15-18,21-26H,3-14,19-20H2,1-2H3. The molecule has 220 valence electrons. The van der Waals surface area contributed by atoms with Gasteiger partial charge in [-0.2, -0.15) is 0 Å². The van der Waals surface area contributed by atoms with Crippen LogP contribution >= 0.6 is 0 Å². The number of fused-ring (bicyclic) bond motifs is 7. The van der Waals surface area contributed by atoms with Gasteiger partial charge in [0.1, 0.15) is 11.2 Å². The molecule has 2 heterocycles. The summed E-state index contributed by atoms with van der Waals surface area (Å²) >= 11 is 0. The third-order valence-corrected chi connectivity index (χ3v) is 8.55. The highest BCUT2D eigenvalue weighted by Gasteiger charge is 2.12. The van der Waals surface area contributed by atoms with E-state index < -0.39 is 0 Å². The van der Waals surface area contributed by atoms with Crippen LogP contribution in [0.5, 0.6) is 11.9 Å². The molecule has 2 aromatic heterocycles. The van der Waals surface area contributed by atoms with Crippen LogP contribution in [0, 0.1) is 0 Å². The molecule has 42 heavy (non-hydrogen) atoms. The van der Waals surface area contributed by atoms with Crippen molar-refractivity contribution in [1.29, 1.82) is 0 Å². The summed E-state index contributed by atoms with van der Waals surface area (Å²) < 4.78 is 24.2. The summed E-state index contributed by atoms with van der Waals surface area (Å²) in [6.45, 7) is 5.90. The van der Waals surface area contributed by atoms with Crippen LogP contribution in [0.1, 0.15) is 90.9 Å². The Kier molecular flexibility index (Phi) is 9.18. The van der Waals surface area contributed by atoms with Crippen molar-refractivity contribution in [1.82, 2.24) is 0 Å². The number of benzene rings is 4. The highest BCUT2D eigenvalue weighted by Crippen LogP contribution is 2.38. The van der Waals surface area contributed by atoms with Gasteiger partial charge in [-0.1, -0.05) is 102 Å². The van der Waals surface area contributed by atoms with Crippen molar-refractivity contribution in [2.75, 3.05) is 13.2 Å². The molecule has 0 aliphatic heterocycles. The Morgan fingerprint density at radius 1 is 0.429 bits per heavy atom. The molecular weight excluding hydrogens is 520 g/mol. The zero-order valence-corrected chi connectivity index (χ0v) is 25.3. The average Bonchev–Trinajstić information content (AvgIpc) is 3.59. The lowest BCUT2D eigenvalue weighted by atomic mass is 9.96. The zero-order valence-electron chi connectivity index (χ0n) is 25.3. The molecule has 0 saturated carbocycles. The van der Waals surface area contributed by atoms with E-state index >= 15 is 0 Å². The second kappa shape index (κ2) is 13.5. The highest BCUT2D eigenvalue weighted by atomic mass is 16.6. The summed E-state index contributed by atoms with van der Waals surface area (Å²) in [5.41, 5.74) is 1.73. The smallest absolute Gasteiger partial charge is 0.285 e. The zero-order chi connectivity index (χ0) is 28.7. The Morgan fingerprint density at radius 3 is 1.31 bits per heavy atom. The lowest BCUT2D eigenvalue weighted by Gasteiger charge is -2.08. The van der Waals surface area contributed by atoms with Crippen LogP contribution in [0.15, 0.2) is 69.5 Å². The van der Waals surface area contributed by atoms with Crippen LogP contribution in [0.4, 0.5) is 0 Å². The fourth-order valence-electron chi connectivity index (χ4n) is 6.15. The molecular formula is C38H44O4. The predicted molar refractivity (Wildman–Crippen MR) is 176 cm³/mol. The molecule has 4 heteroatoms. The van der Waals surface area contributed by atoms with Gasteiger partial charge in [0, 0.05) is 22.9 Å². The highest BCUT2D eigenvalue weighted by molar-refractivity contribution is 6.20. The predicted octanol–water partition coefficient (Wildman–Crippen LogP) is 12.1. The Hall–Kier alpha value is -3.66. The minimum Gasteiger partial charge on any atom is -0.465 e. The Bertz CT molecular complexity index is 1640. The van der Waals surface area contributed by atoms with Gasteiger partial charge in [-0.3, -0.25) is 0 Å². The van der Waals surface area contributed by atoms with Gasteiger partial charge in [0.05, 0.1) is 13.2 Å². The van der Waals surface area contributed by atoms with Gasteiger partial charge in [0.25, 0.3) is 11.9 Å². The lowest BCUT2D eigenvalue weighted by molar-refractivity contribution is 0.242. The Balaban J connectivity index is 1.20. The molecule has 0 unspecified atom stereocenters. The van der Waals surface area contributed by atoms with Gasteiger partial charge in [-0.25, -0.2) is 0 Å². The topological polar surface area (TPSA) is 44.7 Å². The van der Waals surface area contributed by atoms with E-state index in [4.69, 9.17) is 18.3 Å². The first-order valence-corrected chi connectivity index (χ1v) is 16.3. The Labute approximate surface area is 248 Å². The first kappa shape index (κ1) is 28.5. The molecule has 0 saturated heterocycles. The van der Waals surface area contributed by atoms with Crippen LogP contribution in [-0.2, 0) is 0 Å². The molecule has 0 amide bonds. The summed E-state index contributed by atoms with van der Waals surface area (Å²) in [7, 11) is 0. The van der Waals surface area contributed by atoms with E-state index in [2.05, 4.69) is 62.4 Å². The summed E-state index contributed by atoms with van der Waals surface area (Å²) in [5.74, 6) is 1.22. The summed E-state index contributed by atoms with van der Waals surface area (Å²) in [5, 5.41) is 9.32. The number of furan rings is 2. The molecule has 0 radical (unpaired) electrons. The molecule has 0 N–H and O–H groups in total. The first-order chi connectivity index (χ1) is 20.7. The van der Waals surface area contributed by atoms with Crippen molar-refractivity contribution in [2.24, 2.45) is 0 Å². The minimum atomic E-state index is 0.610. The third kappa shape index (κ3) is 6.38. The van der Waals surface area contributed by atoms with Crippen molar-refractivity contribution >= 4 is 54.3 Å². The van der Waals surface area contributed by atoms with Crippen molar-refractivity contribution < 1.29 is 18.3 Å². The first-order valence-electron chi connectivity index (χ1n) is 16.3. The number of unbranched alkanes of at least 4 members (excludes halogenated alkanes) is 10. The van der Waals surface area contributed by atoms with E-state index in [0.29, 0.717) is 25.1 Å². The van der Waals surface area contributed by atoms with Gasteiger partial charge in [-0.15, -0.1) is 0 Å². The van der Waals surface area contributed by atoms with Gasteiger partial charge >= 0.3 is 0 Å². The second-order valence-electron chi connectivity index (χ2n) is 11.8. The largest absolute Gasteiger partial charge is 0.465 e. The van der Waals surface area contributed by atoms with Crippen molar-refractivity contribution in [3.8, 4) is 11.9 Å². The van der Waals surface area contributed by atoms with Crippen LogP contribution in [-0.4, -0.2) is 13.2 Å². The van der Waals surface area contributed by atoms with Crippen LogP contribution in [0.3, 0.4) is 0 Å². The maximum Gasteiger partial charge on any atom is 0.285 e. The van der Waals surface area contributed by atoms with E-state index in [1.54, 1.807) is 0 Å². The Morgan fingerprint density at radius 2 is 0.857 bits per heavy atom. The van der Waals surface area contributed by atoms with Gasteiger partial charge < -0.3 is 18.3 Å². The summed E-state index contributed by atoms with van der Waals surface area (Å²) in [6, 6.07) is 21.7. The average molecular weight is 565 g/mol. The molecule has 6 rings (SSSR count). The summed E-state index contributed by atoms with van der Waals surface area (Å²) in [6.07, 6.45) is 15.0. The molecule has 0 aliphatic carbocycles. The van der Waals surface area contributed by atoms with E-state index in [1.807, 2.05) is 12.1 Å². The molecule has 4 nitrogen and oxygen atoms in total. The van der Waals surface area contributed by atoms with E-state index in [9.17, 15) is 0 Å². The minimum absolute atomic E-state index is 0.610. The maximum atomic E-state index is 6.13. The normalized spacial score (nSPS) is 12.0. The van der Waals surface area contributed by atoms with Crippen LogP contribution < -0.4 is 9.47 Å². The molecule has 0 atom stereocenters. The molecule has 6 aromatic rings. The fourth-order valence-corrected chi connectivity index (χ4v) is 6.15. The monoisotopic (exact) mass is 564 g/mol. The number of hydrogen-bond donors (Lipinski definition) is 0. The third-order valence-electron chi connectivity index (χ3n) is 8.55. The molecule has 0 fully saturated rings. The van der Waals surface area contributed by atoms with Crippen molar-refractivity contribution in [2.45, 2.75) is 90.9 Å². The second-order valence-corrected chi connectivity index (χ2v) is 11.8. The number of hydrogen-bond acceptors (Lipinski definition) is 4. The molecule has 4 aromatic carbocycles. The van der Waals surface area contributed by atoms with Gasteiger partial charge in [0.2, 0.25) is 0 Å². The fraction of sp³-hybridized carbons (Fsp3) is 0.421. The maximum absolute atomic E-state index is 6.13. The molecule has 0 aliphatic rings. The van der Waals surface area contributed by atoms with E-state index in [0.717, 1.165) is 34.8 Å². The quantitative estimate of drug-likeness (QED) is 0.0866. The van der Waals surface area contributed by atoms with Crippen molar-refractivity contribution in [3.63, 3.8) is 0 Å². The van der Waals surface area contributed by atoms with Gasteiger partial charge in [-0.05, 0) is 69.4 Å². The number of ether oxygens (including phenoxy) is 2. The van der Waals surface area contributed by atoms with E-state index in [1.165, 1.54) is 96.5 Å².